The number of anilines is 1. The minimum atomic E-state index is -2.51. The molecule has 3 rings (SSSR count). The Morgan fingerprint density at radius 3 is 1.32 bits per heavy atom. The number of aromatic nitrogens is 4. The Morgan fingerprint density at radius 1 is 0.571 bits per heavy atom. The van der Waals surface area contributed by atoms with Crippen LogP contribution >= 0.6 is 0 Å². The van der Waals surface area contributed by atoms with E-state index in [-0.39, 0.29) is 64.7 Å². The lowest BCUT2D eigenvalue weighted by Crippen LogP contribution is -2.51. The number of esters is 5. The van der Waals surface area contributed by atoms with Gasteiger partial charge in [0.25, 0.3) is 0 Å². The van der Waals surface area contributed by atoms with Crippen LogP contribution < -0.4 is 10.0 Å². The fourth-order valence-electron chi connectivity index (χ4n) is 7.80. The van der Waals surface area contributed by atoms with E-state index in [1.165, 1.54) is 12.4 Å². The molecule has 1 unspecified atom stereocenters. The van der Waals surface area contributed by atoms with Gasteiger partial charge in [0, 0.05) is 73.1 Å². The van der Waals surface area contributed by atoms with Crippen LogP contribution in [0.4, 0.5) is 5.69 Å². The minimum Gasteiger partial charge on any atom is -0.755 e. The summed E-state index contributed by atoms with van der Waals surface area (Å²) in [6.07, 6.45) is 6.37. The van der Waals surface area contributed by atoms with Gasteiger partial charge in [-0.05, 0) is 147 Å². The number of carbonyl (C=O) groups excluding carboxylic acids is 7. The largest absolute Gasteiger partial charge is 0.755 e. The number of ether oxygens (including phenoxy) is 5. The highest BCUT2D eigenvalue weighted by atomic mass is 32.2. The predicted molar refractivity (Wildman–Crippen MR) is 286 cm³/mol. The van der Waals surface area contributed by atoms with Gasteiger partial charge in [-0.3, -0.25) is 42.7 Å². The van der Waals surface area contributed by atoms with Gasteiger partial charge in [0.1, 0.15) is 65.8 Å². The summed E-state index contributed by atoms with van der Waals surface area (Å²) < 4.78 is 55.9. The number of amides is 2. The third kappa shape index (κ3) is 27.1. The molecule has 1 aromatic carbocycles. The average Bonchev–Trinajstić information content (AvgIpc) is 3.88. The van der Waals surface area contributed by atoms with Gasteiger partial charge in [-0.15, -0.1) is 0 Å². The maximum absolute atomic E-state index is 14.4. The van der Waals surface area contributed by atoms with Crippen LogP contribution in [0, 0.1) is 0 Å². The number of hydrogen-bond acceptors (Lipinski definition) is 17. The van der Waals surface area contributed by atoms with E-state index in [4.69, 9.17) is 23.7 Å². The molecule has 0 aliphatic carbocycles. The van der Waals surface area contributed by atoms with Gasteiger partial charge < -0.3 is 52.3 Å². The van der Waals surface area contributed by atoms with Crippen LogP contribution in [0.25, 0.3) is 0 Å². The number of imidazole rings is 2. The van der Waals surface area contributed by atoms with Gasteiger partial charge >= 0.3 is 29.8 Å². The maximum atomic E-state index is 14.4. The zero-order chi connectivity index (χ0) is 58.2. The average molecular weight is 1100 g/mol. The zero-order valence-electron chi connectivity index (χ0n) is 47.8. The molecule has 22 nitrogen and oxygen atoms in total. The van der Waals surface area contributed by atoms with Gasteiger partial charge in [-0.2, -0.15) is 0 Å². The Morgan fingerprint density at radius 2 is 0.948 bits per heavy atom. The van der Waals surface area contributed by atoms with E-state index in [1.807, 2.05) is 4.90 Å². The standard InChI is InChI=1S/C54H84N8O14S/c1-49(2,3)72-44(65)20-24-54(25-21-45(66)73-50(4,5)6,26-22-46(67)74-51(7,8)9)57-42(63)34-60-30-27-55-40(60)32-59(29-23-38-16-18-39(19-17-38)58-77(70)71)33-41-56-28-31-61(41)35-43(64)62(36-47(68)75-52(10,11)12)37-48(69)76-53(13,14)15/h16-19,27-28,30-31,58H,20-26,29,32-37H2,1-15H3,(H,57,63)(H,70,71)/p-1. The molecule has 77 heavy (non-hydrogen) atoms. The fourth-order valence-corrected chi connectivity index (χ4v) is 8.13. The van der Waals surface area contributed by atoms with Gasteiger partial charge in [0.15, 0.2) is 0 Å². The highest BCUT2D eigenvalue weighted by molar-refractivity contribution is 7.80. The molecule has 430 valence electrons. The SMILES string of the molecule is CC(C)(C)OC(=O)CCC(CCC(=O)OC(C)(C)C)(CCC(=O)OC(C)(C)C)NC(=O)Cn1ccnc1CN(CCc1ccc(NS(=O)[O-])cc1)Cc1nccn1CC(=O)N(CC(=O)OC(C)(C)C)CC(=O)OC(C)(C)C. The number of hydrogen-bond donors (Lipinski definition) is 2. The first-order valence-corrected chi connectivity index (χ1v) is 26.8. The second kappa shape index (κ2) is 27.9. The molecule has 0 aliphatic heterocycles. The van der Waals surface area contributed by atoms with Gasteiger partial charge in [0.2, 0.25) is 11.8 Å². The second-order valence-corrected chi connectivity index (χ2v) is 24.6. The molecule has 0 saturated carbocycles. The first-order valence-electron chi connectivity index (χ1n) is 25.7. The van der Waals surface area contributed by atoms with Gasteiger partial charge in [0.05, 0.1) is 13.1 Å². The molecule has 0 spiro atoms. The number of nitrogens with zero attached hydrogens (tertiary/aromatic N) is 6. The highest BCUT2D eigenvalue weighted by Crippen LogP contribution is 2.29. The topological polar surface area (TPSA) is 272 Å². The van der Waals surface area contributed by atoms with Crippen molar-refractivity contribution in [2.24, 2.45) is 0 Å². The predicted octanol–water partition coefficient (Wildman–Crippen LogP) is 6.26. The van der Waals surface area contributed by atoms with Crippen molar-refractivity contribution in [3.05, 3.63) is 66.3 Å². The van der Waals surface area contributed by atoms with Crippen molar-refractivity contribution in [1.82, 2.24) is 34.2 Å². The number of benzene rings is 1. The molecule has 0 radical (unpaired) electrons. The van der Waals surface area contributed by atoms with Crippen molar-refractivity contribution >= 4 is 58.6 Å². The monoisotopic (exact) mass is 1100 g/mol. The normalized spacial score (nSPS) is 12.8. The lowest BCUT2D eigenvalue weighted by atomic mass is 9.83. The lowest BCUT2D eigenvalue weighted by molar-refractivity contribution is -0.164. The third-order valence-electron chi connectivity index (χ3n) is 10.7. The Labute approximate surface area is 456 Å². The summed E-state index contributed by atoms with van der Waals surface area (Å²) in [7, 11) is 0. The summed E-state index contributed by atoms with van der Waals surface area (Å²) in [5.74, 6) is -3.21. The molecule has 0 saturated heterocycles. The number of carbonyl (C=O) groups is 7. The van der Waals surface area contributed by atoms with E-state index in [0.717, 1.165) is 10.5 Å². The van der Waals surface area contributed by atoms with Crippen molar-refractivity contribution in [3.8, 4) is 0 Å². The molecule has 23 heteroatoms. The molecule has 1 atom stereocenters. The summed E-state index contributed by atoms with van der Waals surface area (Å²) in [5.41, 5.74) is -4.15. The van der Waals surface area contributed by atoms with Crippen LogP contribution in [0.5, 0.6) is 0 Å². The molecule has 2 N–H and O–H groups in total. The van der Waals surface area contributed by atoms with Crippen LogP contribution in [-0.2, 0) is 101 Å². The summed E-state index contributed by atoms with van der Waals surface area (Å²) in [4.78, 5) is 106. The minimum absolute atomic E-state index is 0.0184. The number of rotatable bonds is 27. The molecule has 2 heterocycles. The summed E-state index contributed by atoms with van der Waals surface area (Å²) in [6, 6.07) is 6.83. The van der Waals surface area contributed by atoms with E-state index in [2.05, 4.69) is 20.0 Å². The van der Waals surface area contributed by atoms with Gasteiger partial charge in [-0.1, -0.05) is 12.1 Å². The lowest BCUT2D eigenvalue weighted by Gasteiger charge is -2.36. The molecular weight excluding hydrogens is 1020 g/mol. The Hall–Kier alpha value is -6.20. The van der Waals surface area contributed by atoms with Crippen molar-refractivity contribution in [2.45, 2.75) is 209 Å². The second-order valence-electron chi connectivity index (χ2n) is 23.9. The van der Waals surface area contributed by atoms with Crippen molar-refractivity contribution < 1.29 is 66.0 Å². The summed E-state index contributed by atoms with van der Waals surface area (Å²) in [5, 5.41) is 3.11. The van der Waals surface area contributed by atoms with Crippen LogP contribution in [0.3, 0.4) is 0 Å². The molecule has 2 aromatic heterocycles. The zero-order valence-corrected chi connectivity index (χ0v) is 48.6. The molecular formula is C54H83N8O14S-. The first kappa shape index (κ1) is 65.1. The fraction of sp³-hybridized carbons (Fsp3) is 0.648. The smallest absolute Gasteiger partial charge is 0.326 e. The van der Waals surface area contributed by atoms with Crippen molar-refractivity contribution in [1.29, 1.82) is 0 Å². The third-order valence-corrected chi connectivity index (χ3v) is 11.1. The Balaban J connectivity index is 2.01. The summed E-state index contributed by atoms with van der Waals surface area (Å²) >= 11 is -2.51. The van der Waals surface area contributed by atoms with E-state index in [9.17, 15) is 42.3 Å². The van der Waals surface area contributed by atoms with Crippen LogP contribution in [0.1, 0.15) is 160 Å². The van der Waals surface area contributed by atoms with E-state index >= 15 is 0 Å². The van der Waals surface area contributed by atoms with Crippen LogP contribution in [-0.4, -0.2) is 133 Å². The highest BCUT2D eigenvalue weighted by Gasteiger charge is 2.36. The molecule has 0 bridgehead atoms. The number of nitrogens with one attached hydrogen (secondary N) is 2. The Kier molecular flexibility index (Phi) is 23.6. The van der Waals surface area contributed by atoms with Crippen LogP contribution in [0.15, 0.2) is 49.1 Å². The van der Waals surface area contributed by atoms with E-state index in [1.54, 1.807) is 150 Å². The van der Waals surface area contributed by atoms with Gasteiger partial charge in [-0.25, -0.2) is 9.97 Å². The van der Waals surface area contributed by atoms with Crippen LogP contribution in [0.2, 0.25) is 0 Å². The quantitative estimate of drug-likeness (QED) is 0.0484. The van der Waals surface area contributed by atoms with Crippen molar-refractivity contribution in [2.75, 3.05) is 24.4 Å². The molecule has 3 aromatic rings. The molecule has 0 aliphatic rings. The Bertz CT molecular complexity index is 2380. The maximum Gasteiger partial charge on any atom is 0.326 e. The van der Waals surface area contributed by atoms with Crippen molar-refractivity contribution in [3.63, 3.8) is 0 Å². The molecule has 2 amide bonds. The molecule has 0 fully saturated rings. The summed E-state index contributed by atoms with van der Waals surface area (Å²) in [6.45, 7) is 24.8. The van der Waals surface area contributed by atoms with E-state index in [0.29, 0.717) is 30.3 Å². The first-order chi connectivity index (χ1) is 35.4. The van der Waals surface area contributed by atoms with E-state index < -0.39 is 99.6 Å².